The molecule has 1 aliphatic rings. The van der Waals surface area contributed by atoms with Crippen molar-refractivity contribution in [2.24, 2.45) is 5.73 Å². The highest BCUT2D eigenvalue weighted by molar-refractivity contribution is 7.89. The van der Waals surface area contributed by atoms with Gasteiger partial charge in [-0.2, -0.15) is 0 Å². The highest BCUT2D eigenvalue weighted by Gasteiger charge is 2.34. The van der Waals surface area contributed by atoms with Crippen molar-refractivity contribution >= 4 is 10.0 Å². The summed E-state index contributed by atoms with van der Waals surface area (Å²) in [7, 11) is -2.08. The zero-order chi connectivity index (χ0) is 14.8. The van der Waals surface area contributed by atoms with Gasteiger partial charge in [-0.05, 0) is 31.5 Å². The topological polar surface area (TPSA) is 90.7 Å². The van der Waals surface area contributed by atoms with Gasteiger partial charge in [-0.1, -0.05) is 0 Å². The predicted molar refractivity (Wildman–Crippen MR) is 75.0 cm³/mol. The van der Waals surface area contributed by atoms with Crippen LogP contribution >= 0.6 is 0 Å². The number of methoxy groups -OCH3 is 1. The molecule has 0 aliphatic carbocycles. The van der Waals surface area contributed by atoms with E-state index in [2.05, 4.69) is 4.72 Å². The molecule has 6 nitrogen and oxygen atoms in total. The summed E-state index contributed by atoms with van der Waals surface area (Å²) >= 11 is 0. The minimum absolute atomic E-state index is 0.187. The molecule has 0 spiro atoms. The molecular weight excluding hydrogens is 280 g/mol. The molecule has 0 bridgehead atoms. The van der Waals surface area contributed by atoms with Crippen molar-refractivity contribution in [1.29, 1.82) is 0 Å². The maximum atomic E-state index is 12.4. The molecule has 1 heterocycles. The van der Waals surface area contributed by atoms with Crippen LogP contribution in [0.4, 0.5) is 0 Å². The van der Waals surface area contributed by atoms with Gasteiger partial charge in [-0.15, -0.1) is 0 Å². The SMILES string of the molecule is COc1ccc(S(=O)(=O)NC2(C)CCOC2)cc1CN. The summed E-state index contributed by atoms with van der Waals surface area (Å²) < 4.78 is 37.9. The summed E-state index contributed by atoms with van der Waals surface area (Å²) in [6.07, 6.45) is 0.659. The van der Waals surface area contributed by atoms with Crippen molar-refractivity contribution in [3.05, 3.63) is 23.8 Å². The molecule has 3 N–H and O–H groups in total. The minimum Gasteiger partial charge on any atom is -0.496 e. The van der Waals surface area contributed by atoms with Crippen LogP contribution in [0.25, 0.3) is 0 Å². The molecule has 0 aromatic heterocycles. The van der Waals surface area contributed by atoms with Gasteiger partial charge in [-0.3, -0.25) is 0 Å². The Kier molecular flexibility index (Phi) is 4.33. The van der Waals surface area contributed by atoms with Gasteiger partial charge in [0.2, 0.25) is 10.0 Å². The second-order valence-corrected chi connectivity index (χ2v) is 6.83. The third kappa shape index (κ3) is 3.12. The summed E-state index contributed by atoms with van der Waals surface area (Å²) in [5, 5.41) is 0. The maximum Gasteiger partial charge on any atom is 0.241 e. The predicted octanol–water partition coefficient (Wildman–Crippen LogP) is 0.611. The van der Waals surface area contributed by atoms with Crippen LogP contribution in [-0.2, 0) is 21.3 Å². The number of benzene rings is 1. The van der Waals surface area contributed by atoms with E-state index in [9.17, 15) is 8.42 Å². The highest BCUT2D eigenvalue weighted by Crippen LogP contribution is 2.25. The zero-order valence-electron chi connectivity index (χ0n) is 11.7. The molecule has 0 radical (unpaired) electrons. The molecule has 1 fully saturated rings. The van der Waals surface area contributed by atoms with Crippen LogP contribution in [-0.4, -0.2) is 34.3 Å². The number of hydrogen-bond donors (Lipinski definition) is 2. The molecule has 2 rings (SSSR count). The van der Waals surface area contributed by atoms with Crippen molar-refractivity contribution in [3.8, 4) is 5.75 Å². The molecule has 1 atom stereocenters. The normalized spacial score (nSPS) is 22.9. The summed E-state index contributed by atoms with van der Waals surface area (Å²) in [6.45, 7) is 3.00. The van der Waals surface area contributed by atoms with E-state index in [0.29, 0.717) is 30.9 Å². The van der Waals surface area contributed by atoms with Crippen LogP contribution in [0.1, 0.15) is 18.9 Å². The quantitative estimate of drug-likeness (QED) is 0.831. The van der Waals surface area contributed by atoms with E-state index < -0.39 is 15.6 Å². The molecular formula is C13H20N2O4S. The molecule has 0 saturated carbocycles. The lowest BCUT2D eigenvalue weighted by molar-refractivity contribution is 0.178. The fourth-order valence-electron chi connectivity index (χ4n) is 2.21. The van der Waals surface area contributed by atoms with Gasteiger partial charge in [-0.25, -0.2) is 13.1 Å². The van der Waals surface area contributed by atoms with Gasteiger partial charge >= 0.3 is 0 Å². The highest BCUT2D eigenvalue weighted by atomic mass is 32.2. The van der Waals surface area contributed by atoms with E-state index in [0.717, 1.165) is 0 Å². The van der Waals surface area contributed by atoms with Crippen LogP contribution in [0.2, 0.25) is 0 Å². The molecule has 0 amide bonds. The van der Waals surface area contributed by atoms with Gasteiger partial charge in [0.15, 0.2) is 0 Å². The second kappa shape index (κ2) is 5.69. The lowest BCUT2D eigenvalue weighted by Crippen LogP contribution is -2.46. The van der Waals surface area contributed by atoms with Crippen LogP contribution in [0, 0.1) is 0 Å². The third-order valence-corrected chi connectivity index (χ3v) is 5.02. The second-order valence-electron chi connectivity index (χ2n) is 5.15. The smallest absolute Gasteiger partial charge is 0.241 e. The van der Waals surface area contributed by atoms with E-state index in [1.165, 1.54) is 13.2 Å². The fourth-order valence-corrected chi connectivity index (χ4v) is 3.68. The van der Waals surface area contributed by atoms with Crippen LogP contribution in [0.3, 0.4) is 0 Å². The summed E-state index contributed by atoms with van der Waals surface area (Å²) in [5.41, 5.74) is 5.71. The zero-order valence-corrected chi connectivity index (χ0v) is 12.5. The molecule has 1 aliphatic heterocycles. The van der Waals surface area contributed by atoms with E-state index in [1.807, 2.05) is 6.92 Å². The van der Waals surface area contributed by atoms with Gasteiger partial charge in [0.25, 0.3) is 0 Å². The van der Waals surface area contributed by atoms with Gasteiger partial charge in [0.1, 0.15) is 5.75 Å². The van der Waals surface area contributed by atoms with Crippen LogP contribution in [0.15, 0.2) is 23.1 Å². The monoisotopic (exact) mass is 300 g/mol. The standard InChI is InChI=1S/C13H20N2O4S/c1-13(5-6-19-9-13)15-20(16,17)11-3-4-12(18-2)10(7-11)8-14/h3-4,7,15H,5-6,8-9,14H2,1-2H3. The Balaban J connectivity index is 2.29. The molecule has 7 heteroatoms. The van der Waals surface area contributed by atoms with Crippen molar-refractivity contribution < 1.29 is 17.9 Å². The lowest BCUT2D eigenvalue weighted by Gasteiger charge is -2.23. The first-order valence-corrected chi connectivity index (χ1v) is 7.87. The van der Waals surface area contributed by atoms with Crippen LogP contribution in [0.5, 0.6) is 5.75 Å². The molecule has 20 heavy (non-hydrogen) atoms. The Bertz CT molecular complexity index is 580. The van der Waals surface area contributed by atoms with E-state index in [1.54, 1.807) is 12.1 Å². The van der Waals surface area contributed by atoms with Crippen molar-refractivity contribution in [1.82, 2.24) is 4.72 Å². The molecule has 1 aromatic carbocycles. The first-order chi connectivity index (χ1) is 9.40. The summed E-state index contributed by atoms with van der Waals surface area (Å²) in [6, 6.07) is 4.67. The number of rotatable bonds is 5. The number of nitrogens with one attached hydrogen (secondary N) is 1. The Morgan fingerprint density at radius 2 is 2.25 bits per heavy atom. The number of hydrogen-bond acceptors (Lipinski definition) is 5. The summed E-state index contributed by atoms with van der Waals surface area (Å²) in [4.78, 5) is 0.187. The first-order valence-electron chi connectivity index (χ1n) is 6.39. The number of nitrogens with two attached hydrogens (primary N) is 1. The minimum atomic E-state index is -3.60. The maximum absolute atomic E-state index is 12.4. The van der Waals surface area contributed by atoms with Crippen molar-refractivity contribution in [3.63, 3.8) is 0 Å². The first kappa shape index (κ1) is 15.2. The molecule has 1 saturated heterocycles. The Morgan fingerprint density at radius 1 is 1.50 bits per heavy atom. The Hall–Kier alpha value is -1.15. The van der Waals surface area contributed by atoms with Crippen molar-refractivity contribution in [2.45, 2.75) is 30.3 Å². The van der Waals surface area contributed by atoms with Gasteiger partial charge in [0, 0.05) is 18.7 Å². The summed E-state index contributed by atoms with van der Waals surface area (Å²) in [5.74, 6) is 0.585. The number of ether oxygens (including phenoxy) is 2. The molecule has 1 unspecified atom stereocenters. The fraction of sp³-hybridized carbons (Fsp3) is 0.538. The van der Waals surface area contributed by atoms with E-state index >= 15 is 0 Å². The van der Waals surface area contributed by atoms with Crippen molar-refractivity contribution in [2.75, 3.05) is 20.3 Å². The van der Waals surface area contributed by atoms with E-state index in [-0.39, 0.29) is 11.4 Å². The average Bonchev–Trinajstić information content (AvgIpc) is 2.83. The lowest BCUT2D eigenvalue weighted by atomic mass is 10.0. The van der Waals surface area contributed by atoms with Gasteiger partial charge in [0.05, 0.1) is 24.2 Å². The van der Waals surface area contributed by atoms with Crippen LogP contribution < -0.4 is 15.2 Å². The van der Waals surface area contributed by atoms with Gasteiger partial charge < -0.3 is 15.2 Å². The number of sulfonamides is 1. The Labute approximate surface area is 119 Å². The average molecular weight is 300 g/mol. The molecule has 1 aromatic rings. The largest absolute Gasteiger partial charge is 0.496 e. The van der Waals surface area contributed by atoms with E-state index in [4.69, 9.17) is 15.2 Å². The Morgan fingerprint density at radius 3 is 2.80 bits per heavy atom. The third-order valence-electron chi connectivity index (χ3n) is 3.38. The molecule has 112 valence electrons.